The molecule has 0 atom stereocenters. The molecular weight excluding hydrogens is 308 g/mol. The van der Waals surface area contributed by atoms with Gasteiger partial charge in [0.1, 0.15) is 0 Å². The van der Waals surface area contributed by atoms with E-state index in [1.165, 1.54) is 11.8 Å². The van der Waals surface area contributed by atoms with Crippen molar-refractivity contribution in [1.82, 2.24) is 9.97 Å². The topological polar surface area (TPSA) is 87.3 Å². The minimum atomic E-state index is -0.0285. The maximum absolute atomic E-state index is 8.89. The second-order valence-corrected chi connectivity index (χ2v) is 5.70. The molecule has 0 bridgehead atoms. The molecule has 7 heteroatoms. The van der Waals surface area contributed by atoms with Crippen molar-refractivity contribution in [2.45, 2.75) is 10.1 Å². The Morgan fingerprint density at radius 2 is 2.05 bits per heavy atom. The molecule has 0 aliphatic carbocycles. The lowest BCUT2D eigenvalue weighted by Gasteiger charge is -2.08. The van der Waals surface area contributed by atoms with Gasteiger partial charge in [-0.1, -0.05) is 46.7 Å². The molecule has 2 aromatic carbocycles. The van der Waals surface area contributed by atoms with E-state index in [-0.39, 0.29) is 5.84 Å². The number of para-hydroxylation sites is 2. The molecule has 1 aromatic heterocycles. The number of aromatic amines is 1. The van der Waals surface area contributed by atoms with Crippen LogP contribution in [0.1, 0.15) is 5.56 Å². The minimum absolute atomic E-state index is 0.0285. The number of nitrogens with two attached hydrogens (primary N) is 1. The third-order valence-corrected chi connectivity index (χ3v) is 4.18. The van der Waals surface area contributed by atoms with Crippen LogP contribution in [-0.2, 0) is 0 Å². The molecule has 0 radical (unpaired) electrons. The molecular formula is C14H11ClN4OS. The van der Waals surface area contributed by atoms with Gasteiger partial charge in [-0.25, -0.2) is 4.98 Å². The zero-order valence-electron chi connectivity index (χ0n) is 10.7. The van der Waals surface area contributed by atoms with E-state index in [9.17, 15) is 0 Å². The summed E-state index contributed by atoms with van der Waals surface area (Å²) in [6.45, 7) is 0. The number of hydrogen-bond acceptors (Lipinski definition) is 4. The molecule has 21 heavy (non-hydrogen) atoms. The molecule has 0 amide bonds. The number of aromatic nitrogens is 2. The number of benzene rings is 2. The second kappa shape index (κ2) is 5.67. The molecule has 1 heterocycles. The number of fused-ring (bicyclic) bond motifs is 1. The SMILES string of the molecule is NC(=NO)c1c(Cl)cccc1Sc1nc2ccccc2[nH]1. The molecule has 0 spiro atoms. The molecule has 3 aromatic rings. The lowest BCUT2D eigenvalue weighted by Crippen LogP contribution is -2.14. The van der Waals surface area contributed by atoms with Crippen LogP contribution in [0.2, 0.25) is 5.02 Å². The van der Waals surface area contributed by atoms with Gasteiger partial charge in [0.2, 0.25) is 0 Å². The average Bonchev–Trinajstić information content (AvgIpc) is 2.89. The first-order chi connectivity index (χ1) is 10.2. The predicted octanol–water partition coefficient (Wildman–Crippen LogP) is 3.46. The van der Waals surface area contributed by atoms with Crippen molar-refractivity contribution in [2.75, 3.05) is 0 Å². The van der Waals surface area contributed by atoms with Crippen molar-refractivity contribution >= 4 is 40.2 Å². The lowest BCUT2D eigenvalue weighted by molar-refractivity contribution is 0.318. The van der Waals surface area contributed by atoms with Crippen molar-refractivity contribution < 1.29 is 5.21 Å². The van der Waals surface area contributed by atoms with Crippen LogP contribution < -0.4 is 5.73 Å². The van der Waals surface area contributed by atoms with Crippen molar-refractivity contribution in [3.05, 3.63) is 53.1 Å². The van der Waals surface area contributed by atoms with Gasteiger partial charge in [-0.2, -0.15) is 0 Å². The van der Waals surface area contributed by atoms with Crippen LogP contribution in [0.4, 0.5) is 0 Å². The smallest absolute Gasteiger partial charge is 0.172 e. The normalized spacial score (nSPS) is 12.0. The summed E-state index contributed by atoms with van der Waals surface area (Å²) >= 11 is 7.51. The number of nitrogens with one attached hydrogen (secondary N) is 1. The fourth-order valence-corrected chi connectivity index (χ4v) is 3.27. The lowest BCUT2D eigenvalue weighted by atomic mass is 10.2. The molecule has 4 N–H and O–H groups in total. The molecule has 0 aliphatic heterocycles. The van der Waals surface area contributed by atoms with Gasteiger partial charge in [-0.3, -0.25) is 0 Å². The van der Waals surface area contributed by atoms with Crippen molar-refractivity contribution in [2.24, 2.45) is 10.9 Å². The highest BCUT2D eigenvalue weighted by molar-refractivity contribution is 7.99. The van der Waals surface area contributed by atoms with E-state index < -0.39 is 0 Å². The summed E-state index contributed by atoms with van der Waals surface area (Å²) in [6, 6.07) is 13.1. The number of amidine groups is 1. The molecule has 0 unspecified atom stereocenters. The summed E-state index contributed by atoms with van der Waals surface area (Å²) in [5.74, 6) is -0.0285. The predicted molar refractivity (Wildman–Crippen MR) is 84.2 cm³/mol. The Balaban J connectivity index is 2.03. The van der Waals surface area contributed by atoms with Gasteiger partial charge in [0.15, 0.2) is 11.0 Å². The highest BCUT2D eigenvalue weighted by atomic mass is 35.5. The number of oxime groups is 1. The Labute approximate surface area is 129 Å². The fraction of sp³-hybridized carbons (Fsp3) is 0. The number of nitrogens with zero attached hydrogens (tertiary/aromatic N) is 2. The molecule has 0 fully saturated rings. The van der Waals surface area contributed by atoms with Crippen LogP contribution in [0.5, 0.6) is 0 Å². The van der Waals surface area contributed by atoms with Gasteiger partial charge in [-0.05, 0) is 24.3 Å². The third kappa shape index (κ3) is 2.68. The summed E-state index contributed by atoms with van der Waals surface area (Å²) in [6.07, 6.45) is 0. The Morgan fingerprint density at radius 3 is 2.81 bits per heavy atom. The van der Waals surface area contributed by atoms with Crippen molar-refractivity contribution in [1.29, 1.82) is 0 Å². The number of rotatable bonds is 3. The van der Waals surface area contributed by atoms with E-state index in [4.69, 9.17) is 22.5 Å². The van der Waals surface area contributed by atoms with Crippen LogP contribution >= 0.6 is 23.4 Å². The summed E-state index contributed by atoms with van der Waals surface area (Å²) in [7, 11) is 0. The van der Waals surface area contributed by atoms with Gasteiger partial charge >= 0.3 is 0 Å². The standard InChI is InChI=1S/C14H11ClN4OS/c15-8-4-3-7-11(12(8)13(16)19-20)21-14-17-9-5-1-2-6-10(9)18-14/h1-7,20H,(H2,16,19)(H,17,18). The minimum Gasteiger partial charge on any atom is -0.409 e. The molecule has 5 nitrogen and oxygen atoms in total. The quantitative estimate of drug-likeness (QED) is 0.299. The molecule has 0 saturated heterocycles. The Bertz CT molecular complexity index is 798. The Hall–Kier alpha value is -2.18. The fourth-order valence-electron chi connectivity index (χ4n) is 1.97. The van der Waals surface area contributed by atoms with Crippen LogP contribution in [0, 0.1) is 0 Å². The van der Waals surface area contributed by atoms with E-state index in [0.29, 0.717) is 15.7 Å². The third-order valence-electron chi connectivity index (χ3n) is 2.91. The first-order valence-corrected chi connectivity index (χ1v) is 7.27. The van der Waals surface area contributed by atoms with E-state index in [2.05, 4.69) is 15.1 Å². The largest absolute Gasteiger partial charge is 0.409 e. The summed E-state index contributed by atoms with van der Waals surface area (Å²) in [5.41, 5.74) is 8.02. The van der Waals surface area contributed by atoms with Crippen molar-refractivity contribution in [3.63, 3.8) is 0 Å². The van der Waals surface area contributed by atoms with Crippen molar-refractivity contribution in [3.8, 4) is 0 Å². The molecule has 0 saturated carbocycles. The number of imidazole rings is 1. The Morgan fingerprint density at radius 1 is 1.24 bits per heavy atom. The van der Waals surface area contributed by atoms with Gasteiger partial charge in [0.25, 0.3) is 0 Å². The molecule has 0 aliphatic rings. The first kappa shape index (κ1) is 13.8. The molecule has 3 rings (SSSR count). The average molecular weight is 319 g/mol. The van der Waals surface area contributed by atoms with Gasteiger partial charge in [0, 0.05) is 4.90 Å². The maximum atomic E-state index is 8.89. The van der Waals surface area contributed by atoms with Crippen LogP contribution in [0.25, 0.3) is 11.0 Å². The summed E-state index contributed by atoms with van der Waals surface area (Å²) in [5, 5.41) is 13.1. The van der Waals surface area contributed by atoms with Gasteiger partial charge in [-0.15, -0.1) is 0 Å². The number of halogens is 1. The maximum Gasteiger partial charge on any atom is 0.172 e. The molecule has 106 valence electrons. The highest BCUT2D eigenvalue weighted by Gasteiger charge is 2.14. The highest BCUT2D eigenvalue weighted by Crippen LogP contribution is 2.33. The van der Waals surface area contributed by atoms with Gasteiger partial charge in [0.05, 0.1) is 21.6 Å². The van der Waals surface area contributed by atoms with Crippen LogP contribution in [-0.4, -0.2) is 21.0 Å². The number of hydrogen-bond donors (Lipinski definition) is 3. The second-order valence-electron chi connectivity index (χ2n) is 4.26. The zero-order chi connectivity index (χ0) is 14.8. The first-order valence-electron chi connectivity index (χ1n) is 6.08. The summed E-state index contributed by atoms with van der Waals surface area (Å²) in [4.78, 5) is 8.46. The Kier molecular flexibility index (Phi) is 3.72. The van der Waals surface area contributed by atoms with E-state index >= 15 is 0 Å². The van der Waals surface area contributed by atoms with Crippen LogP contribution in [0.15, 0.2) is 57.7 Å². The van der Waals surface area contributed by atoms with Gasteiger partial charge < -0.3 is 15.9 Å². The van der Waals surface area contributed by atoms with E-state index in [1.54, 1.807) is 6.07 Å². The van der Waals surface area contributed by atoms with E-state index in [0.717, 1.165) is 15.9 Å². The number of H-pyrrole nitrogens is 1. The zero-order valence-corrected chi connectivity index (χ0v) is 12.3. The van der Waals surface area contributed by atoms with E-state index in [1.807, 2.05) is 36.4 Å². The summed E-state index contributed by atoms with van der Waals surface area (Å²) < 4.78 is 0. The monoisotopic (exact) mass is 318 g/mol. The van der Waals surface area contributed by atoms with Crippen LogP contribution in [0.3, 0.4) is 0 Å².